The van der Waals surface area contributed by atoms with E-state index in [2.05, 4.69) is 4.99 Å². The maximum absolute atomic E-state index is 13.4. The van der Waals surface area contributed by atoms with E-state index in [1.807, 2.05) is 48.2 Å². The highest BCUT2D eigenvalue weighted by atomic mass is 32.1. The van der Waals surface area contributed by atoms with E-state index in [1.54, 1.807) is 30.7 Å². The zero-order valence-electron chi connectivity index (χ0n) is 18.2. The van der Waals surface area contributed by atoms with Crippen molar-refractivity contribution in [3.05, 3.63) is 67.2 Å². The summed E-state index contributed by atoms with van der Waals surface area (Å²) in [6.07, 6.45) is 0. The summed E-state index contributed by atoms with van der Waals surface area (Å²) in [6.45, 7) is 2.71. The topological polar surface area (TPSA) is 76.4 Å². The fourth-order valence-electron chi connectivity index (χ4n) is 4.10. The highest BCUT2D eigenvalue weighted by Gasteiger charge is 2.32. The Morgan fingerprint density at radius 1 is 1.03 bits per heavy atom. The normalized spacial score (nSPS) is 16.6. The molecule has 5 rings (SSSR count). The molecule has 0 saturated carbocycles. The molecule has 8 nitrogen and oxygen atoms in total. The van der Waals surface area contributed by atoms with Gasteiger partial charge in [0.25, 0.3) is 11.5 Å². The Balaban J connectivity index is 1.61. The van der Waals surface area contributed by atoms with Crippen LogP contribution in [0.2, 0.25) is 0 Å². The Morgan fingerprint density at radius 2 is 1.81 bits per heavy atom. The Kier molecular flexibility index (Phi) is 4.78. The van der Waals surface area contributed by atoms with Crippen molar-refractivity contribution in [2.75, 3.05) is 37.7 Å². The number of fused-ring (bicyclic) bond motifs is 2. The van der Waals surface area contributed by atoms with Gasteiger partial charge in [-0.15, -0.1) is 0 Å². The SMILES string of the molecule is COc1ccc(N2CN=c3sc(=C4C(=O)N(C)c5ccc(C)cc54)c(=O)n3C2)cc1OC. The lowest BCUT2D eigenvalue weighted by atomic mass is 10.1. The van der Waals surface area contributed by atoms with Crippen molar-refractivity contribution in [3.63, 3.8) is 0 Å². The molecule has 9 heteroatoms. The smallest absolute Gasteiger partial charge is 0.272 e. The third-order valence-electron chi connectivity index (χ3n) is 5.81. The number of benzene rings is 2. The summed E-state index contributed by atoms with van der Waals surface area (Å²) in [5.41, 5.74) is 3.76. The standard InChI is InChI=1S/C23H22N4O4S/c1-13-5-7-16-15(9-13)19(21(28)25(16)2)20-22(29)27-12-26(11-24-23(27)32-20)14-6-8-17(30-3)18(10-14)31-4/h5-10H,11-12H2,1-4H3. The second kappa shape index (κ2) is 7.52. The summed E-state index contributed by atoms with van der Waals surface area (Å²) < 4.78 is 12.8. The molecule has 0 unspecified atom stereocenters. The summed E-state index contributed by atoms with van der Waals surface area (Å²) in [5.74, 6) is 1.07. The number of anilines is 2. The summed E-state index contributed by atoms with van der Waals surface area (Å²) >= 11 is 1.27. The van der Waals surface area contributed by atoms with Gasteiger partial charge in [-0.3, -0.25) is 14.2 Å². The van der Waals surface area contributed by atoms with Gasteiger partial charge in [-0.25, -0.2) is 4.99 Å². The number of rotatable bonds is 3. The second-order valence-corrected chi connectivity index (χ2v) is 8.70. The van der Waals surface area contributed by atoms with Gasteiger partial charge in [-0.1, -0.05) is 23.0 Å². The lowest BCUT2D eigenvalue weighted by molar-refractivity contribution is -0.112. The minimum atomic E-state index is -0.204. The van der Waals surface area contributed by atoms with E-state index in [1.165, 1.54) is 11.3 Å². The first-order chi connectivity index (χ1) is 15.4. The molecule has 2 aliphatic heterocycles. The molecule has 0 atom stereocenters. The van der Waals surface area contributed by atoms with Crippen molar-refractivity contribution >= 4 is 34.2 Å². The fourth-order valence-corrected chi connectivity index (χ4v) is 5.15. The van der Waals surface area contributed by atoms with Crippen LogP contribution in [0.3, 0.4) is 0 Å². The van der Waals surface area contributed by atoms with Gasteiger partial charge in [-0.05, 0) is 31.2 Å². The molecule has 0 fully saturated rings. The number of hydrogen-bond acceptors (Lipinski definition) is 7. The van der Waals surface area contributed by atoms with Crippen LogP contribution in [-0.2, 0) is 11.5 Å². The number of amides is 1. The average Bonchev–Trinajstić information content (AvgIpc) is 3.25. The predicted molar refractivity (Wildman–Crippen MR) is 123 cm³/mol. The van der Waals surface area contributed by atoms with E-state index in [0.717, 1.165) is 22.5 Å². The number of ether oxygens (including phenoxy) is 2. The van der Waals surface area contributed by atoms with Crippen molar-refractivity contribution in [3.8, 4) is 11.5 Å². The molecule has 3 heterocycles. The fraction of sp³-hybridized carbons (Fsp3) is 0.261. The second-order valence-electron chi connectivity index (χ2n) is 7.73. The van der Waals surface area contributed by atoms with Crippen LogP contribution >= 0.6 is 11.3 Å². The van der Waals surface area contributed by atoms with E-state index in [-0.39, 0.29) is 11.5 Å². The number of nitrogens with zero attached hydrogens (tertiary/aromatic N) is 4. The Bertz CT molecular complexity index is 1440. The van der Waals surface area contributed by atoms with Crippen LogP contribution in [0.4, 0.5) is 11.4 Å². The first-order valence-electron chi connectivity index (χ1n) is 10.1. The van der Waals surface area contributed by atoms with Crippen LogP contribution in [0.1, 0.15) is 11.1 Å². The molecule has 3 aromatic rings. The van der Waals surface area contributed by atoms with Gasteiger partial charge < -0.3 is 19.3 Å². The van der Waals surface area contributed by atoms with Crippen LogP contribution in [0.5, 0.6) is 11.5 Å². The quantitative estimate of drug-likeness (QED) is 0.604. The van der Waals surface area contributed by atoms with Crippen LogP contribution in [0.15, 0.2) is 46.2 Å². The summed E-state index contributed by atoms with van der Waals surface area (Å²) in [4.78, 5) is 35.2. The number of carbonyl (C=O) groups excluding carboxylic acids is 1. The zero-order chi connectivity index (χ0) is 22.6. The van der Waals surface area contributed by atoms with Crippen LogP contribution in [0, 0.1) is 6.92 Å². The van der Waals surface area contributed by atoms with Gasteiger partial charge in [0.2, 0.25) is 0 Å². The molecular formula is C23H22N4O4S. The number of carbonyl (C=O) groups is 1. The summed E-state index contributed by atoms with van der Waals surface area (Å²) in [5, 5.41) is 0. The third kappa shape index (κ3) is 3.00. The van der Waals surface area contributed by atoms with E-state index in [4.69, 9.17) is 9.47 Å². The number of hydrogen-bond donors (Lipinski definition) is 0. The Morgan fingerprint density at radius 3 is 2.56 bits per heavy atom. The predicted octanol–water partition coefficient (Wildman–Crippen LogP) is 1.47. The maximum atomic E-state index is 13.4. The van der Waals surface area contributed by atoms with E-state index in [0.29, 0.717) is 39.7 Å². The molecule has 2 aromatic carbocycles. The van der Waals surface area contributed by atoms with Gasteiger partial charge in [0.15, 0.2) is 16.3 Å². The molecule has 2 aliphatic rings. The largest absolute Gasteiger partial charge is 0.493 e. The van der Waals surface area contributed by atoms with Gasteiger partial charge in [-0.2, -0.15) is 0 Å². The van der Waals surface area contributed by atoms with Crippen LogP contribution in [0.25, 0.3) is 5.57 Å². The molecule has 1 amide bonds. The monoisotopic (exact) mass is 450 g/mol. The van der Waals surface area contributed by atoms with Crippen molar-refractivity contribution < 1.29 is 14.3 Å². The maximum Gasteiger partial charge on any atom is 0.272 e. The number of methoxy groups -OCH3 is 2. The molecule has 0 aliphatic carbocycles. The minimum Gasteiger partial charge on any atom is -0.493 e. The van der Waals surface area contributed by atoms with Crippen molar-refractivity contribution in [2.45, 2.75) is 13.6 Å². The van der Waals surface area contributed by atoms with Gasteiger partial charge in [0.1, 0.15) is 17.9 Å². The number of thiazole rings is 1. The van der Waals surface area contributed by atoms with Crippen LogP contribution < -0.4 is 34.2 Å². The zero-order valence-corrected chi connectivity index (χ0v) is 19.0. The number of likely N-dealkylation sites (N-methyl/N-ethyl adjacent to an activating group) is 1. The number of aromatic nitrogens is 1. The molecule has 0 N–H and O–H groups in total. The van der Waals surface area contributed by atoms with E-state index in [9.17, 15) is 9.59 Å². The lowest BCUT2D eigenvalue weighted by Gasteiger charge is -2.26. The summed E-state index contributed by atoms with van der Waals surface area (Å²) in [7, 11) is 4.91. The van der Waals surface area contributed by atoms with Crippen molar-refractivity contribution in [2.24, 2.45) is 4.99 Å². The highest BCUT2D eigenvalue weighted by molar-refractivity contribution is 7.07. The first kappa shape index (κ1) is 20.3. The van der Waals surface area contributed by atoms with Crippen LogP contribution in [-0.4, -0.2) is 38.4 Å². The van der Waals surface area contributed by atoms with Crippen molar-refractivity contribution in [1.29, 1.82) is 0 Å². The molecular weight excluding hydrogens is 428 g/mol. The van der Waals surface area contributed by atoms with Crippen molar-refractivity contribution in [1.82, 2.24) is 4.57 Å². The van der Waals surface area contributed by atoms with E-state index >= 15 is 0 Å². The molecule has 0 saturated heterocycles. The molecule has 32 heavy (non-hydrogen) atoms. The lowest BCUT2D eigenvalue weighted by Crippen LogP contribution is -2.43. The Hall–Kier alpha value is -3.59. The molecule has 0 spiro atoms. The molecule has 0 bridgehead atoms. The first-order valence-corrected chi connectivity index (χ1v) is 10.9. The molecule has 1 aromatic heterocycles. The van der Waals surface area contributed by atoms with Gasteiger partial charge in [0.05, 0.1) is 25.5 Å². The highest BCUT2D eigenvalue weighted by Crippen LogP contribution is 2.35. The number of aryl methyl sites for hydroxylation is 1. The average molecular weight is 451 g/mol. The Labute approximate surface area is 188 Å². The van der Waals surface area contributed by atoms with E-state index < -0.39 is 0 Å². The third-order valence-corrected chi connectivity index (χ3v) is 6.93. The van der Waals surface area contributed by atoms with Gasteiger partial charge >= 0.3 is 0 Å². The molecule has 164 valence electrons. The minimum absolute atomic E-state index is 0.168. The molecule has 0 radical (unpaired) electrons. The van der Waals surface area contributed by atoms with Gasteiger partial charge in [0, 0.05) is 24.4 Å². The summed E-state index contributed by atoms with van der Waals surface area (Å²) in [6, 6.07) is 11.4.